The lowest BCUT2D eigenvalue weighted by molar-refractivity contribution is -0.0321. The summed E-state index contributed by atoms with van der Waals surface area (Å²) in [5.74, 6) is -0.0478. The maximum absolute atomic E-state index is 12.6. The fraction of sp³-hybridized carbons (Fsp3) is 0.733. The Hall–Kier alpha value is -1.40. The highest BCUT2D eigenvalue weighted by atomic mass is 16.3. The van der Waals surface area contributed by atoms with Gasteiger partial charge >= 0.3 is 0 Å². The standard InChI is InChI=1S/C15H21N3O3/c19-12-9-4-5-15(7-9,13(12)20)17-14(21)10-8-16-18-6-2-1-3-11(10)18/h8-9,12-13,19-20H,1-7H2,(H,17,21)/t9?,12-,13-,15?/m0/s1. The number of carbonyl (C=O) groups excluding carboxylic acids is 1. The summed E-state index contributed by atoms with van der Waals surface area (Å²) in [5.41, 5.74) is 0.976. The largest absolute Gasteiger partial charge is 0.390 e. The second-order valence-corrected chi connectivity index (χ2v) is 6.73. The SMILES string of the molecule is O=C(NC12CCC(C1)[C@H](O)[C@@H]2O)c1cnn2c1CCCC2. The first-order chi connectivity index (χ1) is 10.1. The van der Waals surface area contributed by atoms with Crippen molar-refractivity contribution in [3.63, 3.8) is 0 Å². The number of aryl methyl sites for hydroxylation is 1. The molecule has 0 radical (unpaired) electrons. The predicted octanol–water partition coefficient (Wildman–Crippen LogP) is 0.223. The highest BCUT2D eigenvalue weighted by Gasteiger charge is 2.57. The molecule has 0 aromatic carbocycles. The summed E-state index contributed by atoms with van der Waals surface area (Å²) < 4.78 is 1.91. The summed E-state index contributed by atoms with van der Waals surface area (Å²) in [7, 11) is 0. The first-order valence-corrected chi connectivity index (χ1v) is 7.84. The van der Waals surface area contributed by atoms with Crippen molar-refractivity contribution in [2.24, 2.45) is 5.92 Å². The summed E-state index contributed by atoms with van der Waals surface area (Å²) in [5, 5.41) is 27.5. The number of hydrogen-bond acceptors (Lipinski definition) is 4. The van der Waals surface area contributed by atoms with Gasteiger partial charge in [-0.2, -0.15) is 5.10 Å². The normalized spacial score (nSPS) is 37.5. The van der Waals surface area contributed by atoms with E-state index in [0.717, 1.165) is 44.3 Å². The lowest BCUT2D eigenvalue weighted by Crippen LogP contribution is -2.56. The fourth-order valence-electron chi connectivity index (χ4n) is 4.35. The molecular formula is C15H21N3O3. The maximum atomic E-state index is 12.6. The summed E-state index contributed by atoms with van der Waals surface area (Å²) in [6.45, 7) is 0.872. The molecule has 21 heavy (non-hydrogen) atoms. The van der Waals surface area contributed by atoms with Crippen molar-refractivity contribution < 1.29 is 15.0 Å². The van der Waals surface area contributed by atoms with Gasteiger partial charge in [0.2, 0.25) is 0 Å². The third-order valence-electron chi connectivity index (χ3n) is 5.55. The summed E-state index contributed by atoms with van der Waals surface area (Å²) in [6.07, 6.45) is 5.42. The summed E-state index contributed by atoms with van der Waals surface area (Å²) in [6, 6.07) is 0. The van der Waals surface area contributed by atoms with Gasteiger partial charge in [-0.1, -0.05) is 0 Å². The number of amides is 1. The molecule has 114 valence electrons. The average molecular weight is 291 g/mol. The van der Waals surface area contributed by atoms with E-state index in [0.29, 0.717) is 12.0 Å². The number of rotatable bonds is 2. The second-order valence-electron chi connectivity index (χ2n) is 6.73. The number of fused-ring (bicyclic) bond motifs is 3. The highest BCUT2D eigenvalue weighted by Crippen LogP contribution is 2.48. The van der Waals surface area contributed by atoms with Gasteiger partial charge in [-0.25, -0.2) is 0 Å². The van der Waals surface area contributed by atoms with Gasteiger partial charge in [0.25, 0.3) is 5.91 Å². The van der Waals surface area contributed by atoms with E-state index in [2.05, 4.69) is 10.4 Å². The molecule has 6 heteroatoms. The van der Waals surface area contributed by atoms with Crippen LogP contribution in [0.4, 0.5) is 0 Å². The first kappa shape index (κ1) is 13.3. The van der Waals surface area contributed by atoms with Gasteiger partial charge in [-0.15, -0.1) is 0 Å². The van der Waals surface area contributed by atoms with Crippen LogP contribution in [0, 0.1) is 5.92 Å². The van der Waals surface area contributed by atoms with Crippen LogP contribution in [0.15, 0.2) is 6.20 Å². The Bertz CT molecular complexity index is 585. The third-order valence-corrected chi connectivity index (χ3v) is 5.55. The van der Waals surface area contributed by atoms with Crippen molar-refractivity contribution in [1.82, 2.24) is 15.1 Å². The number of aromatic nitrogens is 2. The second kappa shape index (κ2) is 4.55. The van der Waals surface area contributed by atoms with E-state index >= 15 is 0 Å². The van der Waals surface area contributed by atoms with Crippen LogP contribution in [0.25, 0.3) is 0 Å². The lowest BCUT2D eigenvalue weighted by atomic mass is 9.88. The molecule has 1 aliphatic heterocycles. The zero-order valence-electron chi connectivity index (χ0n) is 12.0. The number of hydrogen-bond donors (Lipinski definition) is 3. The smallest absolute Gasteiger partial charge is 0.255 e. The van der Waals surface area contributed by atoms with Crippen LogP contribution >= 0.6 is 0 Å². The van der Waals surface area contributed by atoms with Gasteiger partial charge in [-0.3, -0.25) is 9.48 Å². The van der Waals surface area contributed by atoms with Crippen molar-refractivity contribution >= 4 is 5.91 Å². The van der Waals surface area contributed by atoms with Crippen molar-refractivity contribution in [3.05, 3.63) is 17.5 Å². The van der Waals surface area contributed by atoms with Crippen LogP contribution in [0.1, 0.15) is 48.2 Å². The average Bonchev–Trinajstić information content (AvgIpc) is 3.14. The zero-order valence-corrected chi connectivity index (χ0v) is 12.0. The monoisotopic (exact) mass is 291 g/mol. The topological polar surface area (TPSA) is 87.4 Å². The summed E-state index contributed by atoms with van der Waals surface area (Å²) >= 11 is 0. The van der Waals surface area contributed by atoms with Gasteiger partial charge in [0, 0.05) is 6.54 Å². The first-order valence-electron chi connectivity index (χ1n) is 7.84. The minimum atomic E-state index is -0.855. The molecule has 1 aromatic heterocycles. The maximum Gasteiger partial charge on any atom is 0.255 e. The minimum Gasteiger partial charge on any atom is -0.390 e. The van der Waals surface area contributed by atoms with Crippen LogP contribution in [-0.4, -0.2) is 43.6 Å². The van der Waals surface area contributed by atoms with Gasteiger partial charge in [-0.05, 0) is 44.4 Å². The van der Waals surface area contributed by atoms with E-state index in [1.807, 2.05) is 4.68 Å². The third kappa shape index (κ3) is 1.85. The fourth-order valence-corrected chi connectivity index (χ4v) is 4.35. The Morgan fingerprint density at radius 3 is 3.05 bits per heavy atom. The Balaban J connectivity index is 1.58. The summed E-state index contributed by atoms with van der Waals surface area (Å²) in [4.78, 5) is 12.6. The number of aliphatic hydroxyl groups is 2. The van der Waals surface area contributed by atoms with Crippen LogP contribution in [0.2, 0.25) is 0 Å². The molecule has 2 heterocycles. The van der Waals surface area contributed by atoms with Crippen LogP contribution in [-0.2, 0) is 13.0 Å². The molecule has 3 aliphatic rings. The molecule has 2 bridgehead atoms. The van der Waals surface area contributed by atoms with Gasteiger partial charge < -0.3 is 15.5 Å². The van der Waals surface area contributed by atoms with Crippen molar-refractivity contribution in [2.45, 2.75) is 62.8 Å². The van der Waals surface area contributed by atoms with E-state index in [9.17, 15) is 15.0 Å². The molecular weight excluding hydrogens is 270 g/mol. The molecule has 6 nitrogen and oxygen atoms in total. The Kier molecular flexibility index (Phi) is 2.87. The van der Waals surface area contributed by atoms with E-state index in [1.165, 1.54) is 0 Å². The molecule has 4 atom stereocenters. The quantitative estimate of drug-likeness (QED) is 0.727. The Labute approximate surface area is 123 Å². The van der Waals surface area contributed by atoms with Gasteiger partial charge in [0.1, 0.15) is 6.10 Å². The van der Waals surface area contributed by atoms with Crippen LogP contribution in [0.3, 0.4) is 0 Å². The number of carbonyl (C=O) groups is 1. The van der Waals surface area contributed by atoms with E-state index < -0.39 is 17.7 Å². The molecule has 1 amide bonds. The zero-order chi connectivity index (χ0) is 14.6. The molecule has 3 N–H and O–H groups in total. The molecule has 2 aliphatic carbocycles. The van der Waals surface area contributed by atoms with Crippen molar-refractivity contribution in [1.29, 1.82) is 0 Å². The number of nitrogens with one attached hydrogen (secondary N) is 1. The molecule has 1 aromatic rings. The highest BCUT2D eigenvalue weighted by molar-refractivity contribution is 5.95. The Morgan fingerprint density at radius 1 is 1.43 bits per heavy atom. The molecule has 0 saturated heterocycles. The minimum absolute atomic E-state index is 0.112. The number of nitrogens with zero attached hydrogens (tertiary/aromatic N) is 2. The molecule has 2 unspecified atom stereocenters. The van der Waals surface area contributed by atoms with E-state index in [1.54, 1.807) is 6.20 Å². The van der Waals surface area contributed by atoms with Crippen molar-refractivity contribution in [2.75, 3.05) is 0 Å². The van der Waals surface area contributed by atoms with Crippen LogP contribution < -0.4 is 5.32 Å². The predicted molar refractivity (Wildman–Crippen MR) is 74.7 cm³/mol. The van der Waals surface area contributed by atoms with E-state index in [4.69, 9.17) is 0 Å². The lowest BCUT2D eigenvalue weighted by Gasteiger charge is -2.34. The molecule has 4 rings (SSSR count). The van der Waals surface area contributed by atoms with Crippen molar-refractivity contribution in [3.8, 4) is 0 Å². The van der Waals surface area contributed by atoms with Crippen LogP contribution in [0.5, 0.6) is 0 Å². The Morgan fingerprint density at radius 2 is 2.29 bits per heavy atom. The molecule has 0 spiro atoms. The molecule has 2 saturated carbocycles. The van der Waals surface area contributed by atoms with Gasteiger partial charge in [0.05, 0.1) is 29.1 Å². The van der Waals surface area contributed by atoms with Gasteiger partial charge in [0.15, 0.2) is 0 Å². The van der Waals surface area contributed by atoms with E-state index in [-0.39, 0.29) is 11.8 Å². The number of aliphatic hydroxyl groups excluding tert-OH is 2. The molecule has 2 fully saturated rings.